The van der Waals surface area contributed by atoms with Crippen LogP contribution in [0.2, 0.25) is 0 Å². The van der Waals surface area contributed by atoms with Gasteiger partial charge in [0.2, 0.25) is 0 Å². The molecule has 1 atom stereocenters. The Kier molecular flexibility index (Phi) is 7.05. The van der Waals surface area contributed by atoms with Gasteiger partial charge in [-0.15, -0.1) is 0 Å². The van der Waals surface area contributed by atoms with Gasteiger partial charge in [0.15, 0.2) is 17.6 Å². The summed E-state index contributed by atoms with van der Waals surface area (Å²) in [5.74, 6) is 1.47. The molecule has 0 spiro atoms. The number of nitrogens with zero attached hydrogens (tertiary/aromatic N) is 1. The molecule has 0 heterocycles. The summed E-state index contributed by atoms with van der Waals surface area (Å²) in [4.78, 5) is 12.3. The van der Waals surface area contributed by atoms with Crippen LogP contribution in [0.5, 0.6) is 17.2 Å². The molecule has 30 heavy (non-hydrogen) atoms. The average molecular weight is 404 g/mol. The number of methoxy groups -OCH3 is 2. The second-order valence-electron chi connectivity index (χ2n) is 6.50. The number of ether oxygens (including phenoxy) is 3. The second-order valence-corrected chi connectivity index (χ2v) is 6.50. The summed E-state index contributed by atoms with van der Waals surface area (Å²) in [5.41, 5.74) is 5.46. The van der Waals surface area contributed by atoms with Crippen molar-refractivity contribution >= 4 is 12.1 Å². The smallest absolute Gasteiger partial charge is 0.280 e. The minimum atomic E-state index is -0.699. The summed E-state index contributed by atoms with van der Waals surface area (Å²) in [7, 11) is 3.13. The number of hydrogen-bond donors (Lipinski definition) is 1. The molecule has 1 amide bonds. The van der Waals surface area contributed by atoms with Crippen molar-refractivity contribution in [1.29, 1.82) is 0 Å². The molecular weight excluding hydrogens is 380 g/mol. The van der Waals surface area contributed by atoms with Crippen LogP contribution in [0, 0.1) is 0 Å². The zero-order valence-electron chi connectivity index (χ0n) is 17.2. The minimum Gasteiger partial charge on any atom is -0.493 e. The predicted molar refractivity (Wildman–Crippen MR) is 117 cm³/mol. The van der Waals surface area contributed by atoms with E-state index < -0.39 is 6.10 Å². The van der Waals surface area contributed by atoms with Crippen molar-refractivity contribution < 1.29 is 19.0 Å². The van der Waals surface area contributed by atoms with Crippen LogP contribution >= 0.6 is 0 Å². The maximum atomic E-state index is 12.3. The molecule has 0 aromatic heterocycles. The third kappa shape index (κ3) is 5.38. The van der Waals surface area contributed by atoms with Crippen LogP contribution in [0.3, 0.4) is 0 Å². The van der Waals surface area contributed by atoms with Crippen LogP contribution in [0.15, 0.2) is 77.9 Å². The molecule has 154 valence electrons. The monoisotopic (exact) mass is 404 g/mol. The Morgan fingerprint density at radius 1 is 0.900 bits per heavy atom. The number of hydrogen-bond acceptors (Lipinski definition) is 5. The van der Waals surface area contributed by atoms with Gasteiger partial charge < -0.3 is 14.2 Å². The first kappa shape index (κ1) is 20.9. The fourth-order valence-corrected chi connectivity index (χ4v) is 2.81. The summed E-state index contributed by atoms with van der Waals surface area (Å²) < 4.78 is 16.2. The summed E-state index contributed by atoms with van der Waals surface area (Å²) in [6.45, 7) is 1.67. The molecule has 0 radical (unpaired) electrons. The van der Waals surface area contributed by atoms with E-state index in [1.807, 2.05) is 60.7 Å². The number of carbonyl (C=O) groups excluding carboxylic acids is 1. The zero-order valence-corrected chi connectivity index (χ0v) is 17.2. The topological polar surface area (TPSA) is 69.2 Å². The van der Waals surface area contributed by atoms with Crippen LogP contribution in [0.25, 0.3) is 11.1 Å². The standard InChI is InChI=1S/C24H24N2O4/c1-17(30-21-12-10-20(11-13-21)19-7-5-4-6-8-19)24(27)26-25-16-18-9-14-22(28-2)23(15-18)29-3/h4-17H,1-3H3,(H,26,27)/b25-16+. The highest BCUT2D eigenvalue weighted by atomic mass is 16.5. The lowest BCUT2D eigenvalue weighted by atomic mass is 10.1. The molecule has 0 aliphatic carbocycles. The first-order chi connectivity index (χ1) is 14.6. The third-order valence-corrected chi connectivity index (χ3v) is 4.44. The van der Waals surface area contributed by atoms with E-state index in [4.69, 9.17) is 14.2 Å². The van der Waals surface area contributed by atoms with Crippen molar-refractivity contribution in [1.82, 2.24) is 5.43 Å². The van der Waals surface area contributed by atoms with Crippen LogP contribution in [-0.4, -0.2) is 32.4 Å². The van der Waals surface area contributed by atoms with Crippen molar-refractivity contribution in [3.05, 3.63) is 78.4 Å². The molecule has 0 saturated carbocycles. The predicted octanol–water partition coefficient (Wildman–Crippen LogP) is 4.29. The molecule has 0 aliphatic heterocycles. The SMILES string of the molecule is COc1ccc(/C=N/NC(=O)C(C)Oc2ccc(-c3ccccc3)cc2)cc1OC. The Hall–Kier alpha value is -3.80. The van der Waals surface area contributed by atoms with Crippen molar-refractivity contribution in [2.45, 2.75) is 13.0 Å². The largest absolute Gasteiger partial charge is 0.493 e. The van der Waals surface area contributed by atoms with Crippen molar-refractivity contribution in [3.63, 3.8) is 0 Å². The molecule has 0 fully saturated rings. The van der Waals surface area contributed by atoms with Crippen LogP contribution < -0.4 is 19.6 Å². The van der Waals surface area contributed by atoms with Crippen molar-refractivity contribution in [3.8, 4) is 28.4 Å². The highest BCUT2D eigenvalue weighted by Gasteiger charge is 2.14. The Morgan fingerprint density at radius 2 is 1.57 bits per heavy atom. The van der Waals surface area contributed by atoms with Gasteiger partial charge in [-0.05, 0) is 53.9 Å². The van der Waals surface area contributed by atoms with Gasteiger partial charge in [0.1, 0.15) is 5.75 Å². The van der Waals surface area contributed by atoms with E-state index in [1.54, 1.807) is 33.3 Å². The van der Waals surface area contributed by atoms with E-state index in [0.29, 0.717) is 17.2 Å². The fourth-order valence-electron chi connectivity index (χ4n) is 2.81. The van der Waals surface area contributed by atoms with E-state index in [1.165, 1.54) is 6.21 Å². The normalized spacial score (nSPS) is 11.7. The molecule has 3 aromatic rings. The van der Waals surface area contributed by atoms with Gasteiger partial charge in [-0.3, -0.25) is 4.79 Å². The third-order valence-electron chi connectivity index (χ3n) is 4.44. The number of nitrogens with one attached hydrogen (secondary N) is 1. The van der Waals surface area contributed by atoms with Crippen molar-refractivity contribution in [2.75, 3.05) is 14.2 Å². The van der Waals surface area contributed by atoms with E-state index in [-0.39, 0.29) is 5.91 Å². The number of benzene rings is 3. The van der Waals surface area contributed by atoms with Gasteiger partial charge in [0, 0.05) is 0 Å². The minimum absolute atomic E-state index is 0.348. The Bertz CT molecular complexity index is 1000. The number of amides is 1. The van der Waals surface area contributed by atoms with Crippen molar-refractivity contribution in [2.24, 2.45) is 5.10 Å². The molecule has 3 rings (SSSR count). The summed E-state index contributed by atoms with van der Waals surface area (Å²) >= 11 is 0. The molecule has 6 heteroatoms. The zero-order chi connectivity index (χ0) is 21.3. The maximum absolute atomic E-state index is 12.3. The highest BCUT2D eigenvalue weighted by molar-refractivity contribution is 5.85. The van der Waals surface area contributed by atoms with E-state index >= 15 is 0 Å². The first-order valence-corrected chi connectivity index (χ1v) is 9.48. The Morgan fingerprint density at radius 3 is 2.23 bits per heavy atom. The summed E-state index contributed by atoms with van der Waals surface area (Å²) in [6, 6.07) is 23.0. The highest BCUT2D eigenvalue weighted by Crippen LogP contribution is 2.27. The van der Waals surface area contributed by atoms with Gasteiger partial charge in [-0.1, -0.05) is 42.5 Å². The quantitative estimate of drug-likeness (QED) is 0.449. The van der Waals surface area contributed by atoms with E-state index in [9.17, 15) is 4.79 Å². The van der Waals surface area contributed by atoms with Crippen LogP contribution in [0.4, 0.5) is 0 Å². The van der Waals surface area contributed by atoms with Gasteiger partial charge in [0.05, 0.1) is 20.4 Å². The van der Waals surface area contributed by atoms with E-state index in [0.717, 1.165) is 16.7 Å². The summed E-state index contributed by atoms with van der Waals surface area (Å²) in [6.07, 6.45) is 0.830. The number of carbonyl (C=O) groups is 1. The molecule has 0 aliphatic rings. The lowest BCUT2D eigenvalue weighted by molar-refractivity contribution is -0.127. The van der Waals surface area contributed by atoms with Gasteiger partial charge in [0.25, 0.3) is 5.91 Å². The lowest BCUT2D eigenvalue weighted by Crippen LogP contribution is -2.33. The Balaban J connectivity index is 1.55. The molecule has 1 N–H and O–H groups in total. The first-order valence-electron chi connectivity index (χ1n) is 9.48. The second kappa shape index (κ2) is 10.1. The molecule has 0 saturated heterocycles. The molecule has 1 unspecified atom stereocenters. The molecule has 0 bridgehead atoms. The van der Waals surface area contributed by atoms with Crippen LogP contribution in [0.1, 0.15) is 12.5 Å². The maximum Gasteiger partial charge on any atom is 0.280 e. The lowest BCUT2D eigenvalue weighted by Gasteiger charge is -2.13. The van der Waals surface area contributed by atoms with E-state index in [2.05, 4.69) is 10.5 Å². The van der Waals surface area contributed by atoms with Gasteiger partial charge in [-0.2, -0.15) is 5.10 Å². The molecule has 6 nitrogen and oxygen atoms in total. The average Bonchev–Trinajstić information content (AvgIpc) is 2.79. The van der Waals surface area contributed by atoms with Gasteiger partial charge in [-0.25, -0.2) is 5.43 Å². The Labute approximate surface area is 176 Å². The number of hydrazone groups is 1. The van der Waals surface area contributed by atoms with Crippen LogP contribution in [-0.2, 0) is 4.79 Å². The van der Waals surface area contributed by atoms with Gasteiger partial charge >= 0.3 is 0 Å². The summed E-state index contributed by atoms with van der Waals surface area (Å²) in [5, 5.41) is 3.99. The molecule has 3 aromatic carbocycles. The fraction of sp³-hybridized carbons (Fsp3) is 0.167. The molecular formula is C24H24N2O4. The number of rotatable bonds is 8.